The normalized spacial score (nSPS) is 14.7. The van der Waals surface area contributed by atoms with Crippen LogP contribution in [-0.2, 0) is 10.2 Å². The predicted molar refractivity (Wildman–Crippen MR) is 152 cm³/mol. The van der Waals surface area contributed by atoms with Gasteiger partial charge in [0.25, 0.3) is 11.1 Å². The van der Waals surface area contributed by atoms with E-state index >= 15 is 0 Å². The third-order valence-corrected chi connectivity index (χ3v) is 6.92. The molecule has 0 radical (unpaired) electrons. The fourth-order valence-electron chi connectivity index (χ4n) is 3.82. The van der Waals surface area contributed by atoms with Crippen LogP contribution in [-0.4, -0.2) is 42.4 Å². The number of imide groups is 1. The Hall–Kier alpha value is -3.71. The average Bonchev–Trinajstić information content (AvgIpc) is 3.15. The van der Waals surface area contributed by atoms with Crippen LogP contribution in [0.5, 0.6) is 17.2 Å². The minimum absolute atomic E-state index is 0.0930. The van der Waals surface area contributed by atoms with Gasteiger partial charge in [0.05, 0.1) is 11.4 Å². The number of hydrogen-bond donors (Lipinski definition) is 0. The molecule has 6 nitrogen and oxygen atoms in total. The number of hydrogen-bond acceptors (Lipinski definition) is 6. The van der Waals surface area contributed by atoms with E-state index in [1.165, 1.54) is 10.5 Å². The van der Waals surface area contributed by atoms with Crippen molar-refractivity contribution in [2.75, 3.05) is 26.4 Å². The third kappa shape index (κ3) is 7.19. The van der Waals surface area contributed by atoms with Gasteiger partial charge in [0, 0.05) is 5.56 Å². The topological polar surface area (TPSA) is 65.1 Å². The molecule has 0 unspecified atom stereocenters. The highest BCUT2D eigenvalue weighted by molar-refractivity contribution is 8.18. The monoisotopic (exact) mass is 531 g/mol. The number of ether oxygens (including phenoxy) is 3. The molecule has 7 heteroatoms. The molecule has 0 saturated carbocycles. The average molecular weight is 532 g/mol. The van der Waals surface area contributed by atoms with Crippen molar-refractivity contribution in [3.05, 3.63) is 94.4 Å². The Kier molecular flexibility index (Phi) is 8.79. The summed E-state index contributed by atoms with van der Waals surface area (Å²) in [5.74, 6) is 1.78. The van der Waals surface area contributed by atoms with E-state index in [0.717, 1.165) is 28.6 Å². The van der Waals surface area contributed by atoms with Crippen molar-refractivity contribution < 1.29 is 23.8 Å². The highest BCUT2D eigenvalue weighted by Crippen LogP contribution is 2.34. The van der Waals surface area contributed by atoms with Crippen LogP contribution >= 0.6 is 11.8 Å². The van der Waals surface area contributed by atoms with Crippen LogP contribution in [0.25, 0.3) is 6.08 Å². The van der Waals surface area contributed by atoms with Crippen LogP contribution in [0, 0.1) is 6.92 Å². The number of benzene rings is 3. The Morgan fingerprint density at radius 2 is 1.39 bits per heavy atom. The molecule has 1 aliphatic heterocycles. The van der Waals surface area contributed by atoms with Crippen molar-refractivity contribution in [3.63, 3.8) is 0 Å². The lowest BCUT2D eigenvalue weighted by molar-refractivity contribution is -0.123. The molecule has 198 valence electrons. The molecule has 1 aliphatic rings. The SMILES string of the molecule is Cc1ccc(OCCN2C(=O)S/C(=C\c3ccccc3OCCOc3ccc(C(C)(C)C)cc3)C2=O)cc1. The molecular weight excluding hydrogens is 498 g/mol. The zero-order valence-electron chi connectivity index (χ0n) is 22.2. The zero-order chi connectivity index (χ0) is 27.1. The quantitative estimate of drug-likeness (QED) is 0.210. The van der Waals surface area contributed by atoms with Crippen LogP contribution < -0.4 is 14.2 Å². The first-order valence-electron chi connectivity index (χ1n) is 12.6. The van der Waals surface area contributed by atoms with Gasteiger partial charge >= 0.3 is 0 Å². The van der Waals surface area contributed by atoms with E-state index in [1.807, 2.05) is 67.6 Å². The van der Waals surface area contributed by atoms with Crippen molar-refractivity contribution in [1.29, 1.82) is 0 Å². The van der Waals surface area contributed by atoms with Crippen LogP contribution in [0.3, 0.4) is 0 Å². The first-order valence-corrected chi connectivity index (χ1v) is 13.4. The Morgan fingerprint density at radius 1 is 0.789 bits per heavy atom. The van der Waals surface area contributed by atoms with Gasteiger partial charge in [0.1, 0.15) is 37.1 Å². The summed E-state index contributed by atoms with van der Waals surface area (Å²) in [6, 6.07) is 23.2. The van der Waals surface area contributed by atoms with Gasteiger partial charge < -0.3 is 14.2 Å². The van der Waals surface area contributed by atoms with Gasteiger partial charge in [-0.25, -0.2) is 0 Å². The number of aryl methyl sites for hydroxylation is 1. The summed E-state index contributed by atoms with van der Waals surface area (Å²) >= 11 is 0.925. The summed E-state index contributed by atoms with van der Waals surface area (Å²) in [6.45, 7) is 9.65. The summed E-state index contributed by atoms with van der Waals surface area (Å²) in [4.78, 5) is 27.0. The second-order valence-corrected chi connectivity index (χ2v) is 11.0. The molecule has 0 aromatic heterocycles. The van der Waals surface area contributed by atoms with E-state index in [9.17, 15) is 9.59 Å². The van der Waals surface area contributed by atoms with Crippen molar-refractivity contribution in [2.45, 2.75) is 33.1 Å². The lowest BCUT2D eigenvalue weighted by atomic mass is 9.87. The molecule has 38 heavy (non-hydrogen) atoms. The standard InChI is InChI=1S/C31H33NO5S/c1-22-9-13-25(14-10-22)35-18-17-32-29(33)28(38-30(32)34)21-23-7-5-6-8-27(23)37-20-19-36-26-15-11-24(12-16-26)31(2,3)4/h5-16,21H,17-20H2,1-4H3/b28-21-. The maximum absolute atomic E-state index is 12.9. The largest absolute Gasteiger partial charge is 0.492 e. The number of carbonyl (C=O) groups is 2. The Bertz CT molecular complexity index is 1290. The molecule has 1 saturated heterocycles. The van der Waals surface area contributed by atoms with Gasteiger partial charge in [-0.1, -0.05) is 68.8 Å². The molecule has 4 rings (SSSR count). The first-order chi connectivity index (χ1) is 18.2. The number of amides is 2. The number of nitrogens with zero attached hydrogens (tertiary/aromatic N) is 1. The zero-order valence-corrected chi connectivity index (χ0v) is 23.0. The maximum atomic E-state index is 12.9. The lowest BCUT2D eigenvalue weighted by Crippen LogP contribution is -2.32. The number of thioether (sulfide) groups is 1. The van der Waals surface area contributed by atoms with Gasteiger partial charge in [-0.2, -0.15) is 0 Å². The fraction of sp³-hybridized carbons (Fsp3) is 0.290. The molecule has 2 amide bonds. The van der Waals surface area contributed by atoms with Crippen LogP contribution in [0.15, 0.2) is 77.7 Å². The van der Waals surface area contributed by atoms with E-state index in [0.29, 0.717) is 29.6 Å². The second kappa shape index (κ2) is 12.2. The highest BCUT2D eigenvalue weighted by Gasteiger charge is 2.35. The summed E-state index contributed by atoms with van der Waals surface area (Å²) in [5.41, 5.74) is 3.20. The van der Waals surface area contributed by atoms with Gasteiger partial charge in [0.15, 0.2) is 0 Å². The second-order valence-electron chi connectivity index (χ2n) is 10.0. The molecule has 0 bridgehead atoms. The van der Waals surface area contributed by atoms with Crippen LogP contribution in [0.1, 0.15) is 37.5 Å². The minimum atomic E-state index is -0.329. The molecule has 1 heterocycles. The Balaban J connectivity index is 1.31. The van der Waals surface area contributed by atoms with E-state index < -0.39 is 0 Å². The highest BCUT2D eigenvalue weighted by atomic mass is 32.2. The maximum Gasteiger partial charge on any atom is 0.293 e. The smallest absolute Gasteiger partial charge is 0.293 e. The Morgan fingerprint density at radius 3 is 2.08 bits per heavy atom. The fourth-order valence-corrected chi connectivity index (χ4v) is 4.67. The minimum Gasteiger partial charge on any atom is -0.492 e. The van der Waals surface area contributed by atoms with Gasteiger partial charge in [-0.05, 0) is 66.1 Å². The van der Waals surface area contributed by atoms with Gasteiger partial charge in [0.2, 0.25) is 0 Å². The molecule has 3 aromatic rings. The molecule has 0 N–H and O–H groups in total. The van der Waals surface area contributed by atoms with Crippen LogP contribution in [0.2, 0.25) is 0 Å². The molecule has 3 aromatic carbocycles. The number of para-hydroxylation sites is 1. The van der Waals surface area contributed by atoms with E-state index in [4.69, 9.17) is 14.2 Å². The predicted octanol–water partition coefficient (Wildman–Crippen LogP) is 6.87. The summed E-state index contributed by atoms with van der Waals surface area (Å²) in [6.07, 6.45) is 1.70. The van der Waals surface area contributed by atoms with Crippen molar-refractivity contribution in [1.82, 2.24) is 4.90 Å². The number of rotatable bonds is 10. The Labute approximate surface area is 228 Å². The van der Waals surface area contributed by atoms with Crippen molar-refractivity contribution in [2.24, 2.45) is 0 Å². The molecule has 1 fully saturated rings. The molecule has 0 aliphatic carbocycles. The summed E-state index contributed by atoms with van der Waals surface area (Å²) in [7, 11) is 0. The van der Waals surface area contributed by atoms with Gasteiger partial charge in [-0.3, -0.25) is 14.5 Å². The number of carbonyl (C=O) groups excluding carboxylic acids is 2. The van der Waals surface area contributed by atoms with E-state index in [-0.39, 0.29) is 29.7 Å². The summed E-state index contributed by atoms with van der Waals surface area (Å²) < 4.78 is 17.5. The summed E-state index contributed by atoms with van der Waals surface area (Å²) in [5, 5.41) is -0.307. The first kappa shape index (κ1) is 27.3. The third-order valence-electron chi connectivity index (χ3n) is 6.01. The van der Waals surface area contributed by atoms with E-state index in [1.54, 1.807) is 6.08 Å². The van der Waals surface area contributed by atoms with Crippen LogP contribution in [0.4, 0.5) is 4.79 Å². The van der Waals surface area contributed by atoms with Crippen molar-refractivity contribution in [3.8, 4) is 17.2 Å². The lowest BCUT2D eigenvalue weighted by Gasteiger charge is -2.19. The molecule has 0 spiro atoms. The molecular formula is C31H33NO5S. The molecule has 0 atom stereocenters. The van der Waals surface area contributed by atoms with E-state index in [2.05, 4.69) is 32.9 Å². The van der Waals surface area contributed by atoms with Gasteiger partial charge in [-0.15, -0.1) is 0 Å². The van der Waals surface area contributed by atoms with Crippen molar-refractivity contribution >= 4 is 29.0 Å².